The molecule has 8 nitrogen and oxygen atoms in total. The highest BCUT2D eigenvalue weighted by atomic mass is 35.5. The van der Waals surface area contributed by atoms with Crippen LogP contribution in [0.3, 0.4) is 0 Å². The topological polar surface area (TPSA) is 114 Å². The number of carbonyl (C=O) groups is 2. The summed E-state index contributed by atoms with van der Waals surface area (Å²) in [5.74, 6) is -2.08. The number of pyridine rings is 1. The van der Waals surface area contributed by atoms with Crippen LogP contribution in [0.1, 0.15) is 22.7 Å². The Kier molecular flexibility index (Phi) is 5.70. The van der Waals surface area contributed by atoms with Crippen LogP contribution in [0.4, 0.5) is 5.69 Å². The first-order valence-electron chi connectivity index (χ1n) is 9.54. The second kappa shape index (κ2) is 8.60. The van der Waals surface area contributed by atoms with E-state index in [1.807, 2.05) is 0 Å². The fourth-order valence-electron chi connectivity index (χ4n) is 3.65. The zero-order chi connectivity index (χ0) is 22.8. The molecule has 1 fully saturated rings. The van der Waals surface area contributed by atoms with Gasteiger partial charge in [-0.25, -0.2) is 0 Å². The second-order valence-electron chi connectivity index (χ2n) is 7.15. The van der Waals surface area contributed by atoms with Crippen LogP contribution in [0.25, 0.3) is 5.76 Å². The maximum Gasteiger partial charge on any atom is 0.295 e. The van der Waals surface area contributed by atoms with E-state index in [1.165, 1.54) is 35.2 Å². The monoisotopic (exact) mass is 449 g/mol. The number of hydrogen-bond acceptors (Lipinski definition) is 6. The molecule has 4 rings (SSSR count). The van der Waals surface area contributed by atoms with E-state index >= 15 is 0 Å². The number of non-ortho nitro benzene ring substituents is 1. The van der Waals surface area contributed by atoms with Gasteiger partial charge in [0.1, 0.15) is 5.76 Å². The smallest absolute Gasteiger partial charge is 0.295 e. The SMILES string of the molecule is O=C1C(=O)N(Cc2cccnc2)[C@@H](c2cccc([N+](=O)[O-])c2)/C1=C(\O)c1ccc(Cl)cc1. The average Bonchev–Trinajstić information content (AvgIpc) is 3.05. The lowest BCUT2D eigenvalue weighted by Crippen LogP contribution is -2.29. The molecule has 0 bridgehead atoms. The Balaban J connectivity index is 1.89. The number of aromatic nitrogens is 1. The van der Waals surface area contributed by atoms with Crippen LogP contribution in [0.15, 0.2) is 78.6 Å². The zero-order valence-corrected chi connectivity index (χ0v) is 17.3. The Bertz CT molecular complexity index is 1240. The maximum atomic E-state index is 13.0. The van der Waals surface area contributed by atoms with Crippen molar-refractivity contribution in [1.82, 2.24) is 9.88 Å². The highest BCUT2D eigenvalue weighted by Gasteiger charge is 2.46. The van der Waals surface area contributed by atoms with Gasteiger partial charge in [-0.15, -0.1) is 0 Å². The molecule has 160 valence electrons. The van der Waals surface area contributed by atoms with E-state index in [4.69, 9.17) is 11.6 Å². The van der Waals surface area contributed by atoms with Gasteiger partial charge < -0.3 is 10.0 Å². The number of rotatable bonds is 5. The number of amides is 1. The molecule has 1 aliphatic rings. The van der Waals surface area contributed by atoms with Crippen molar-refractivity contribution in [2.24, 2.45) is 0 Å². The summed E-state index contributed by atoms with van der Waals surface area (Å²) < 4.78 is 0. The Hall–Kier alpha value is -4.04. The van der Waals surface area contributed by atoms with E-state index in [0.717, 1.165) is 0 Å². The molecular formula is C23H16ClN3O5. The van der Waals surface area contributed by atoms with Gasteiger partial charge in [0.05, 0.1) is 16.5 Å². The number of aliphatic hydroxyl groups excluding tert-OH is 1. The van der Waals surface area contributed by atoms with Crippen molar-refractivity contribution < 1.29 is 19.6 Å². The van der Waals surface area contributed by atoms with Crippen molar-refractivity contribution >= 4 is 34.7 Å². The van der Waals surface area contributed by atoms with E-state index in [-0.39, 0.29) is 23.6 Å². The first-order chi connectivity index (χ1) is 15.4. The minimum atomic E-state index is -1.02. The molecule has 1 aromatic heterocycles. The second-order valence-corrected chi connectivity index (χ2v) is 7.58. The van der Waals surface area contributed by atoms with Crippen molar-refractivity contribution in [3.8, 4) is 0 Å². The summed E-state index contributed by atoms with van der Waals surface area (Å²) in [5.41, 5.74) is 0.945. The summed E-state index contributed by atoms with van der Waals surface area (Å²) in [6, 6.07) is 14.2. The molecule has 1 N–H and O–H groups in total. The van der Waals surface area contributed by atoms with Crippen LogP contribution in [-0.2, 0) is 16.1 Å². The molecule has 32 heavy (non-hydrogen) atoms. The van der Waals surface area contributed by atoms with E-state index in [1.54, 1.807) is 42.7 Å². The summed E-state index contributed by atoms with van der Waals surface area (Å²) in [6.45, 7) is 0.0309. The fourth-order valence-corrected chi connectivity index (χ4v) is 3.78. The first kappa shape index (κ1) is 21.2. The molecule has 0 radical (unpaired) electrons. The number of aliphatic hydroxyl groups is 1. The van der Waals surface area contributed by atoms with E-state index in [0.29, 0.717) is 21.7 Å². The third-order valence-electron chi connectivity index (χ3n) is 5.13. The molecule has 1 atom stereocenters. The van der Waals surface area contributed by atoms with Crippen molar-refractivity contribution in [2.75, 3.05) is 0 Å². The molecule has 2 heterocycles. The lowest BCUT2D eigenvalue weighted by atomic mass is 9.95. The van der Waals surface area contributed by atoms with Crippen molar-refractivity contribution in [3.05, 3.63) is 110 Å². The van der Waals surface area contributed by atoms with Gasteiger partial charge in [-0.3, -0.25) is 24.7 Å². The molecule has 0 aliphatic carbocycles. The number of carbonyl (C=O) groups excluding carboxylic acids is 2. The van der Waals surface area contributed by atoms with E-state index in [9.17, 15) is 24.8 Å². The van der Waals surface area contributed by atoms with Gasteiger partial charge in [0.25, 0.3) is 17.4 Å². The number of nitro groups is 1. The average molecular weight is 450 g/mol. The number of halogens is 1. The van der Waals surface area contributed by atoms with E-state index in [2.05, 4.69) is 4.98 Å². The molecule has 2 aromatic carbocycles. The number of benzene rings is 2. The maximum absolute atomic E-state index is 13.0. The third kappa shape index (κ3) is 3.95. The van der Waals surface area contributed by atoms with Crippen LogP contribution in [-0.4, -0.2) is 31.6 Å². The quantitative estimate of drug-likeness (QED) is 0.204. The lowest BCUT2D eigenvalue weighted by Gasteiger charge is -2.25. The molecule has 1 aliphatic heterocycles. The van der Waals surface area contributed by atoms with Crippen molar-refractivity contribution in [1.29, 1.82) is 0 Å². The third-order valence-corrected chi connectivity index (χ3v) is 5.38. The van der Waals surface area contributed by atoms with Crippen LogP contribution >= 0.6 is 11.6 Å². The number of Topliss-reactive ketones (excluding diaryl/α,β-unsaturated/α-hetero) is 1. The predicted octanol–water partition coefficient (Wildman–Crippen LogP) is 4.27. The van der Waals surface area contributed by atoms with Gasteiger partial charge in [-0.05, 0) is 41.5 Å². The first-order valence-corrected chi connectivity index (χ1v) is 9.92. The highest BCUT2D eigenvalue weighted by molar-refractivity contribution is 6.46. The largest absolute Gasteiger partial charge is 0.507 e. The van der Waals surface area contributed by atoms with Crippen LogP contribution in [0.2, 0.25) is 5.02 Å². The van der Waals surface area contributed by atoms with Crippen molar-refractivity contribution in [2.45, 2.75) is 12.6 Å². The molecule has 1 saturated heterocycles. The zero-order valence-electron chi connectivity index (χ0n) is 16.5. The molecule has 0 unspecified atom stereocenters. The Morgan fingerprint density at radius 2 is 1.88 bits per heavy atom. The lowest BCUT2D eigenvalue weighted by molar-refractivity contribution is -0.384. The van der Waals surface area contributed by atoms with Gasteiger partial charge in [-0.1, -0.05) is 29.8 Å². The summed E-state index contributed by atoms with van der Waals surface area (Å²) in [6.07, 6.45) is 3.14. The number of nitro benzene ring substituents is 1. The fraction of sp³-hybridized carbons (Fsp3) is 0.0870. The summed E-state index contributed by atoms with van der Waals surface area (Å²) >= 11 is 5.92. The minimum absolute atomic E-state index is 0.0309. The molecule has 0 spiro atoms. The molecule has 3 aromatic rings. The van der Waals surface area contributed by atoms with Crippen LogP contribution in [0, 0.1) is 10.1 Å². The number of ketones is 1. The molecule has 0 saturated carbocycles. The number of likely N-dealkylation sites (tertiary alicyclic amines) is 1. The Labute approximate surface area is 187 Å². The normalized spacial score (nSPS) is 17.5. The summed E-state index contributed by atoms with van der Waals surface area (Å²) in [7, 11) is 0. The van der Waals surface area contributed by atoms with Gasteiger partial charge >= 0.3 is 0 Å². The Morgan fingerprint density at radius 1 is 1.12 bits per heavy atom. The number of hydrogen-bond donors (Lipinski definition) is 1. The molecule has 1 amide bonds. The summed E-state index contributed by atoms with van der Waals surface area (Å²) in [4.78, 5) is 42.0. The Morgan fingerprint density at radius 3 is 2.53 bits per heavy atom. The highest BCUT2D eigenvalue weighted by Crippen LogP contribution is 2.41. The summed E-state index contributed by atoms with van der Waals surface area (Å²) in [5, 5.41) is 22.7. The van der Waals surface area contributed by atoms with Gasteiger partial charge in [0.2, 0.25) is 0 Å². The van der Waals surface area contributed by atoms with Gasteiger partial charge in [0.15, 0.2) is 0 Å². The number of nitrogens with zero attached hydrogens (tertiary/aromatic N) is 3. The molecular weight excluding hydrogens is 434 g/mol. The minimum Gasteiger partial charge on any atom is -0.507 e. The standard InChI is InChI=1S/C23H16ClN3O5/c24-17-8-6-15(7-9-17)21(28)19-20(16-4-1-5-18(11-16)27(31)32)26(23(30)22(19)29)13-14-3-2-10-25-12-14/h1-12,20,28H,13H2/b21-19+/t20-/m0/s1. The molecule has 9 heteroatoms. The van der Waals surface area contributed by atoms with Gasteiger partial charge in [0, 0.05) is 41.7 Å². The predicted molar refractivity (Wildman–Crippen MR) is 117 cm³/mol. The van der Waals surface area contributed by atoms with Gasteiger partial charge in [-0.2, -0.15) is 0 Å². The van der Waals surface area contributed by atoms with Crippen LogP contribution in [0.5, 0.6) is 0 Å². The van der Waals surface area contributed by atoms with Crippen LogP contribution < -0.4 is 0 Å². The van der Waals surface area contributed by atoms with E-state index < -0.39 is 22.7 Å². The van der Waals surface area contributed by atoms with Crippen molar-refractivity contribution in [3.63, 3.8) is 0 Å².